The first-order valence-corrected chi connectivity index (χ1v) is 5.68. The van der Waals surface area contributed by atoms with Gasteiger partial charge in [0, 0.05) is 18.9 Å². The quantitative estimate of drug-likeness (QED) is 0.696. The highest BCUT2D eigenvalue weighted by molar-refractivity contribution is 4.89. The second-order valence-electron chi connectivity index (χ2n) is 4.88. The second-order valence-corrected chi connectivity index (χ2v) is 4.88. The minimum Gasteiger partial charge on any atom is -0.347 e. The van der Waals surface area contributed by atoms with Crippen LogP contribution in [0.3, 0.4) is 0 Å². The van der Waals surface area contributed by atoms with Gasteiger partial charge in [0.15, 0.2) is 5.79 Å². The summed E-state index contributed by atoms with van der Waals surface area (Å²) >= 11 is 0. The molecule has 2 rings (SSSR count). The summed E-state index contributed by atoms with van der Waals surface area (Å²) in [5, 5.41) is 0. The highest BCUT2D eigenvalue weighted by Gasteiger charge is 2.47. The van der Waals surface area contributed by atoms with Crippen molar-refractivity contribution in [3.8, 4) is 0 Å². The van der Waals surface area contributed by atoms with E-state index in [9.17, 15) is 0 Å². The van der Waals surface area contributed by atoms with Crippen LogP contribution in [-0.2, 0) is 9.47 Å². The van der Waals surface area contributed by atoms with E-state index in [1.807, 2.05) is 0 Å². The van der Waals surface area contributed by atoms with E-state index in [0.717, 1.165) is 12.3 Å². The molecular weight excluding hydrogens is 178 g/mol. The van der Waals surface area contributed by atoms with E-state index in [1.54, 1.807) is 0 Å². The molecule has 1 aliphatic heterocycles. The number of hydrogen-bond donors (Lipinski definition) is 1. The summed E-state index contributed by atoms with van der Waals surface area (Å²) in [6.07, 6.45) is 3.57. The third-order valence-electron chi connectivity index (χ3n) is 3.63. The average Bonchev–Trinajstić information content (AvgIpc) is 2.58. The normalized spacial score (nSPS) is 48.6. The highest BCUT2D eigenvalue weighted by atomic mass is 16.7. The van der Waals surface area contributed by atoms with Gasteiger partial charge in [0.2, 0.25) is 0 Å². The summed E-state index contributed by atoms with van der Waals surface area (Å²) in [5.41, 5.74) is 5.59. The van der Waals surface area contributed by atoms with Gasteiger partial charge in [0.1, 0.15) is 0 Å². The Morgan fingerprint density at radius 3 is 2.79 bits per heavy atom. The first kappa shape index (κ1) is 10.4. The van der Waals surface area contributed by atoms with E-state index < -0.39 is 0 Å². The van der Waals surface area contributed by atoms with Crippen molar-refractivity contribution < 1.29 is 9.47 Å². The van der Waals surface area contributed by atoms with Crippen LogP contribution in [0.25, 0.3) is 0 Å². The number of nitrogens with two attached hydrogens (primary N) is 1. The molecule has 0 aromatic carbocycles. The molecule has 1 aliphatic carbocycles. The van der Waals surface area contributed by atoms with Crippen LogP contribution in [0.15, 0.2) is 0 Å². The van der Waals surface area contributed by atoms with Crippen LogP contribution in [0.5, 0.6) is 0 Å². The highest BCUT2D eigenvalue weighted by Crippen LogP contribution is 2.43. The van der Waals surface area contributed by atoms with Crippen molar-refractivity contribution in [2.45, 2.75) is 45.0 Å². The van der Waals surface area contributed by atoms with Crippen LogP contribution in [0, 0.1) is 11.8 Å². The zero-order valence-electron chi connectivity index (χ0n) is 9.16. The van der Waals surface area contributed by atoms with E-state index in [-0.39, 0.29) is 11.9 Å². The molecule has 3 nitrogen and oxygen atoms in total. The fraction of sp³-hybridized carbons (Fsp3) is 1.00. The molecule has 4 unspecified atom stereocenters. The van der Waals surface area contributed by atoms with Crippen LogP contribution >= 0.6 is 0 Å². The molecule has 1 saturated heterocycles. The van der Waals surface area contributed by atoms with Crippen LogP contribution in [0.1, 0.15) is 33.1 Å². The maximum Gasteiger partial charge on any atom is 0.171 e. The van der Waals surface area contributed by atoms with Gasteiger partial charge in [-0.25, -0.2) is 0 Å². The van der Waals surface area contributed by atoms with Gasteiger partial charge in [-0.05, 0) is 18.8 Å². The van der Waals surface area contributed by atoms with Gasteiger partial charge >= 0.3 is 0 Å². The summed E-state index contributed by atoms with van der Waals surface area (Å²) in [6, 6.07) is 0. The molecule has 0 aromatic rings. The maximum atomic E-state index is 5.95. The molecule has 0 aromatic heterocycles. The molecule has 2 fully saturated rings. The van der Waals surface area contributed by atoms with Crippen molar-refractivity contribution in [2.75, 3.05) is 13.2 Å². The zero-order chi connectivity index (χ0) is 10.2. The van der Waals surface area contributed by atoms with Crippen LogP contribution < -0.4 is 5.73 Å². The lowest BCUT2D eigenvalue weighted by molar-refractivity contribution is -0.221. The largest absolute Gasteiger partial charge is 0.347 e. The summed E-state index contributed by atoms with van der Waals surface area (Å²) in [7, 11) is 0. The number of hydrogen-bond acceptors (Lipinski definition) is 3. The predicted molar refractivity (Wildman–Crippen MR) is 54.8 cm³/mol. The fourth-order valence-electron chi connectivity index (χ4n) is 2.68. The molecular formula is C11H21NO2. The van der Waals surface area contributed by atoms with E-state index >= 15 is 0 Å². The summed E-state index contributed by atoms with van der Waals surface area (Å²) in [4.78, 5) is 0. The van der Waals surface area contributed by atoms with Crippen molar-refractivity contribution >= 4 is 0 Å². The Bertz CT molecular complexity index is 209. The molecule has 2 aliphatic rings. The third-order valence-corrected chi connectivity index (χ3v) is 3.63. The zero-order valence-corrected chi connectivity index (χ0v) is 9.16. The van der Waals surface area contributed by atoms with Crippen LogP contribution in [0.4, 0.5) is 0 Å². The van der Waals surface area contributed by atoms with Gasteiger partial charge in [-0.1, -0.05) is 13.8 Å². The lowest BCUT2D eigenvalue weighted by Gasteiger charge is -2.40. The van der Waals surface area contributed by atoms with Gasteiger partial charge in [-0.3, -0.25) is 0 Å². The Kier molecular flexibility index (Phi) is 2.82. The summed E-state index contributed by atoms with van der Waals surface area (Å²) in [5.74, 6) is 1.01. The first-order valence-electron chi connectivity index (χ1n) is 5.68. The molecule has 14 heavy (non-hydrogen) atoms. The van der Waals surface area contributed by atoms with Crippen molar-refractivity contribution in [1.82, 2.24) is 0 Å². The Morgan fingerprint density at radius 1 is 1.43 bits per heavy atom. The molecule has 1 spiro atoms. The Hall–Kier alpha value is -0.120. The van der Waals surface area contributed by atoms with Gasteiger partial charge in [-0.2, -0.15) is 0 Å². The topological polar surface area (TPSA) is 44.5 Å². The minimum absolute atomic E-state index is 0.117. The standard InChI is InChI=1S/C11H21NO2/c1-8-3-4-11(9(2)5-8)13-7-10(6-12)14-11/h8-10H,3-7,12H2,1-2H3. The van der Waals surface area contributed by atoms with E-state index in [0.29, 0.717) is 19.1 Å². The predicted octanol–water partition coefficient (Wildman–Crippen LogP) is 1.51. The Balaban J connectivity index is 2.02. The Labute approximate surface area is 85.9 Å². The molecule has 82 valence electrons. The van der Waals surface area contributed by atoms with Crippen LogP contribution in [0.2, 0.25) is 0 Å². The third kappa shape index (κ3) is 1.69. The van der Waals surface area contributed by atoms with Gasteiger partial charge < -0.3 is 15.2 Å². The van der Waals surface area contributed by atoms with Crippen molar-refractivity contribution in [1.29, 1.82) is 0 Å². The SMILES string of the molecule is CC1CCC2(OCC(CN)O2)C(C)C1. The molecule has 1 saturated carbocycles. The summed E-state index contributed by atoms with van der Waals surface area (Å²) in [6.45, 7) is 5.78. The van der Waals surface area contributed by atoms with Crippen molar-refractivity contribution in [3.63, 3.8) is 0 Å². The van der Waals surface area contributed by atoms with E-state index in [4.69, 9.17) is 15.2 Å². The van der Waals surface area contributed by atoms with Crippen molar-refractivity contribution in [2.24, 2.45) is 17.6 Å². The lowest BCUT2D eigenvalue weighted by Crippen LogP contribution is -2.43. The molecule has 3 heteroatoms. The molecule has 4 atom stereocenters. The summed E-state index contributed by atoms with van der Waals surface area (Å²) < 4.78 is 11.8. The van der Waals surface area contributed by atoms with Crippen molar-refractivity contribution in [3.05, 3.63) is 0 Å². The maximum absolute atomic E-state index is 5.95. The van der Waals surface area contributed by atoms with E-state index in [1.165, 1.54) is 12.8 Å². The molecule has 0 radical (unpaired) electrons. The first-order chi connectivity index (χ1) is 6.66. The minimum atomic E-state index is -0.295. The van der Waals surface area contributed by atoms with Gasteiger partial charge in [0.05, 0.1) is 12.7 Å². The molecule has 0 amide bonds. The van der Waals surface area contributed by atoms with E-state index in [2.05, 4.69) is 13.8 Å². The number of rotatable bonds is 1. The van der Waals surface area contributed by atoms with Gasteiger partial charge in [-0.15, -0.1) is 0 Å². The fourth-order valence-corrected chi connectivity index (χ4v) is 2.68. The lowest BCUT2D eigenvalue weighted by atomic mass is 9.79. The van der Waals surface area contributed by atoms with Gasteiger partial charge in [0.25, 0.3) is 0 Å². The van der Waals surface area contributed by atoms with Crippen LogP contribution in [-0.4, -0.2) is 25.0 Å². The smallest absolute Gasteiger partial charge is 0.171 e. The second kappa shape index (κ2) is 3.80. The molecule has 0 bridgehead atoms. The Morgan fingerprint density at radius 2 is 2.21 bits per heavy atom. The average molecular weight is 199 g/mol. The molecule has 2 N–H and O–H groups in total. The number of ether oxygens (including phenoxy) is 2. The monoisotopic (exact) mass is 199 g/mol. The molecule has 1 heterocycles.